The second-order valence-corrected chi connectivity index (χ2v) is 6.35. The van der Waals surface area contributed by atoms with E-state index in [1.54, 1.807) is 60.7 Å². The number of hydrogen-bond acceptors (Lipinski definition) is 4. The maximum absolute atomic E-state index is 13.0. The molecular weight excluding hydrogens is 383 g/mol. The van der Waals surface area contributed by atoms with Crippen molar-refractivity contribution >= 4 is 23.4 Å². The third-order valence-electron chi connectivity index (χ3n) is 3.92. The lowest BCUT2D eigenvalue weighted by Crippen LogP contribution is -2.15. The number of carbonyl (C=O) groups is 2. The van der Waals surface area contributed by atoms with Gasteiger partial charge in [-0.05, 0) is 54.1 Å². The number of ketones is 1. The van der Waals surface area contributed by atoms with Gasteiger partial charge >= 0.3 is 5.97 Å². The van der Waals surface area contributed by atoms with Crippen molar-refractivity contribution in [2.75, 3.05) is 6.61 Å². The van der Waals surface area contributed by atoms with Crippen molar-refractivity contribution < 1.29 is 23.5 Å². The molecule has 0 amide bonds. The Morgan fingerprint density at radius 1 is 0.893 bits per heavy atom. The second kappa shape index (κ2) is 9.15. The molecule has 3 aromatic rings. The van der Waals surface area contributed by atoms with Gasteiger partial charge < -0.3 is 9.47 Å². The number of rotatable bonds is 7. The standard InChI is InChI=1S/C22H16ClFO4/c23-17-9-7-16(8-10-17)20(25)14-28-22(26)19-3-1-2-4-21(19)27-13-15-5-11-18(24)12-6-15/h1-12H,13-14H2. The summed E-state index contributed by atoms with van der Waals surface area (Å²) >= 11 is 5.79. The summed E-state index contributed by atoms with van der Waals surface area (Å²) < 4.78 is 23.8. The Bertz CT molecular complexity index is 969. The fourth-order valence-electron chi connectivity index (χ4n) is 2.43. The molecule has 0 radical (unpaired) electrons. The number of ether oxygens (including phenoxy) is 2. The van der Waals surface area contributed by atoms with Gasteiger partial charge in [0.05, 0.1) is 0 Å². The number of Topliss-reactive ketones (excluding diaryl/α,β-unsaturated/α-hetero) is 1. The highest BCUT2D eigenvalue weighted by Gasteiger charge is 2.16. The van der Waals surface area contributed by atoms with E-state index in [4.69, 9.17) is 21.1 Å². The van der Waals surface area contributed by atoms with Gasteiger partial charge in [0.2, 0.25) is 0 Å². The van der Waals surface area contributed by atoms with Crippen LogP contribution in [0.4, 0.5) is 4.39 Å². The third kappa shape index (κ3) is 5.18. The number of para-hydroxylation sites is 1. The summed E-state index contributed by atoms with van der Waals surface area (Å²) in [5.41, 5.74) is 1.36. The molecule has 142 valence electrons. The molecule has 0 atom stereocenters. The van der Waals surface area contributed by atoms with Crippen LogP contribution < -0.4 is 4.74 Å². The van der Waals surface area contributed by atoms with Crippen molar-refractivity contribution in [1.82, 2.24) is 0 Å². The molecule has 0 aliphatic carbocycles. The Balaban J connectivity index is 1.62. The lowest BCUT2D eigenvalue weighted by molar-refractivity contribution is 0.0470. The van der Waals surface area contributed by atoms with Crippen LogP contribution in [0.15, 0.2) is 72.8 Å². The third-order valence-corrected chi connectivity index (χ3v) is 4.17. The number of halogens is 2. The minimum atomic E-state index is -0.669. The van der Waals surface area contributed by atoms with Crippen LogP contribution in [0.25, 0.3) is 0 Å². The maximum atomic E-state index is 13.0. The molecule has 0 aliphatic heterocycles. The number of carbonyl (C=O) groups excluding carboxylic acids is 2. The molecule has 6 heteroatoms. The summed E-state index contributed by atoms with van der Waals surface area (Å²) in [5.74, 6) is -1.03. The van der Waals surface area contributed by atoms with Crippen LogP contribution in [0.5, 0.6) is 5.75 Å². The van der Waals surface area contributed by atoms with Gasteiger partial charge in [-0.25, -0.2) is 9.18 Å². The minimum absolute atomic E-state index is 0.161. The van der Waals surface area contributed by atoms with E-state index in [1.807, 2.05) is 0 Å². The molecule has 0 N–H and O–H groups in total. The molecule has 3 rings (SSSR count). The number of hydrogen-bond donors (Lipinski definition) is 0. The van der Waals surface area contributed by atoms with E-state index in [0.29, 0.717) is 16.3 Å². The van der Waals surface area contributed by atoms with Crippen molar-refractivity contribution in [3.8, 4) is 5.75 Å². The summed E-state index contributed by atoms with van der Waals surface area (Å²) in [7, 11) is 0. The van der Waals surface area contributed by atoms with Gasteiger partial charge in [-0.2, -0.15) is 0 Å². The van der Waals surface area contributed by atoms with Gasteiger partial charge in [0.1, 0.15) is 23.7 Å². The predicted octanol–water partition coefficient (Wildman–Crippen LogP) is 5.10. The molecule has 0 aliphatic rings. The maximum Gasteiger partial charge on any atom is 0.342 e. The first-order valence-electron chi connectivity index (χ1n) is 8.45. The van der Waals surface area contributed by atoms with E-state index < -0.39 is 12.6 Å². The highest BCUT2D eigenvalue weighted by atomic mass is 35.5. The number of benzene rings is 3. The SMILES string of the molecule is O=C(COC(=O)c1ccccc1OCc1ccc(F)cc1)c1ccc(Cl)cc1. The van der Waals surface area contributed by atoms with Crippen molar-refractivity contribution in [3.05, 3.63) is 100 Å². The van der Waals surface area contributed by atoms with Gasteiger partial charge in [-0.3, -0.25) is 4.79 Å². The Morgan fingerprint density at radius 3 is 2.29 bits per heavy atom. The van der Waals surface area contributed by atoms with Crippen LogP contribution >= 0.6 is 11.6 Å². The first-order valence-corrected chi connectivity index (χ1v) is 8.83. The van der Waals surface area contributed by atoms with Gasteiger partial charge in [0, 0.05) is 10.6 Å². The summed E-state index contributed by atoms with van der Waals surface area (Å²) in [6.07, 6.45) is 0. The fraction of sp³-hybridized carbons (Fsp3) is 0.0909. The van der Waals surface area contributed by atoms with Crippen molar-refractivity contribution in [2.45, 2.75) is 6.61 Å². The zero-order chi connectivity index (χ0) is 19.9. The van der Waals surface area contributed by atoms with Crippen LogP contribution in [0.2, 0.25) is 5.02 Å². The fourth-order valence-corrected chi connectivity index (χ4v) is 2.56. The molecule has 0 heterocycles. The summed E-state index contributed by atoms with van der Waals surface area (Å²) in [6, 6.07) is 18.7. The van der Waals surface area contributed by atoms with E-state index in [1.165, 1.54) is 12.1 Å². The largest absolute Gasteiger partial charge is 0.488 e. The molecule has 3 aromatic carbocycles. The van der Waals surface area contributed by atoms with E-state index in [0.717, 1.165) is 5.56 Å². The topological polar surface area (TPSA) is 52.6 Å². The van der Waals surface area contributed by atoms with Gasteiger partial charge in [0.15, 0.2) is 12.4 Å². The molecule has 0 aromatic heterocycles. The molecule has 0 bridgehead atoms. The lowest BCUT2D eigenvalue weighted by Gasteiger charge is -2.11. The molecule has 0 saturated carbocycles. The van der Waals surface area contributed by atoms with Crippen molar-refractivity contribution in [2.24, 2.45) is 0 Å². The predicted molar refractivity (Wildman–Crippen MR) is 103 cm³/mol. The number of esters is 1. The zero-order valence-corrected chi connectivity index (χ0v) is 15.5. The summed E-state index contributed by atoms with van der Waals surface area (Å²) in [5, 5.41) is 0.515. The monoisotopic (exact) mass is 398 g/mol. The Hall–Kier alpha value is -3.18. The quantitative estimate of drug-likeness (QED) is 0.410. The molecule has 0 fully saturated rings. The molecule has 0 saturated heterocycles. The van der Waals surface area contributed by atoms with Crippen LogP contribution in [-0.4, -0.2) is 18.4 Å². The van der Waals surface area contributed by atoms with Gasteiger partial charge in [-0.1, -0.05) is 35.9 Å². The van der Waals surface area contributed by atoms with E-state index in [2.05, 4.69) is 0 Å². The Labute approximate surface area is 166 Å². The minimum Gasteiger partial charge on any atom is -0.488 e. The van der Waals surface area contributed by atoms with Gasteiger partial charge in [0.25, 0.3) is 0 Å². The first kappa shape index (κ1) is 19.6. The lowest BCUT2D eigenvalue weighted by atomic mass is 10.1. The molecule has 28 heavy (non-hydrogen) atoms. The zero-order valence-electron chi connectivity index (χ0n) is 14.7. The summed E-state index contributed by atoms with van der Waals surface area (Å²) in [4.78, 5) is 24.5. The Morgan fingerprint density at radius 2 is 1.57 bits per heavy atom. The van der Waals surface area contributed by atoms with E-state index >= 15 is 0 Å². The first-order chi connectivity index (χ1) is 13.5. The highest BCUT2D eigenvalue weighted by Crippen LogP contribution is 2.21. The average Bonchev–Trinajstić information content (AvgIpc) is 2.72. The van der Waals surface area contributed by atoms with Crippen molar-refractivity contribution in [3.63, 3.8) is 0 Å². The smallest absolute Gasteiger partial charge is 0.342 e. The highest BCUT2D eigenvalue weighted by molar-refractivity contribution is 6.30. The molecule has 0 unspecified atom stereocenters. The molecule has 0 spiro atoms. The van der Waals surface area contributed by atoms with Gasteiger partial charge in [-0.15, -0.1) is 0 Å². The van der Waals surface area contributed by atoms with E-state index in [9.17, 15) is 14.0 Å². The summed E-state index contributed by atoms with van der Waals surface area (Å²) in [6.45, 7) is -0.235. The molecular formula is C22H16ClFO4. The van der Waals surface area contributed by atoms with Crippen LogP contribution in [0, 0.1) is 5.82 Å². The average molecular weight is 399 g/mol. The van der Waals surface area contributed by atoms with Crippen LogP contribution in [-0.2, 0) is 11.3 Å². The molecule has 4 nitrogen and oxygen atoms in total. The second-order valence-electron chi connectivity index (χ2n) is 5.92. The van der Waals surface area contributed by atoms with Crippen molar-refractivity contribution in [1.29, 1.82) is 0 Å². The van der Waals surface area contributed by atoms with Crippen LogP contribution in [0.1, 0.15) is 26.3 Å². The van der Waals surface area contributed by atoms with E-state index in [-0.39, 0.29) is 23.8 Å². The Kier molecular flexibility index (Phi) is 6.40. The van der Waals surface area contributed by atoms with Crippen LogP contribution in [0.3, 0.4) is 0 Å². The normalized spacial score (nSPS) is 10.4.